The van der Waals surface area contributed by atoms with Gasteiger partial charge in [-0.15, -0.1) is 0 Å². The Hall–Kier alpha value is -3.25. The highest BCUT2D eigenvalue weighted by Gasteiger charge is 2.12. The van der Waals surface area contributed by atoms with Crippen LogP contribution >= 0.6 is 15.9 Å². The molecule has 132 valence electrons. The van der Waals surface area contributed by atoms with E-state index >= 15 is 0 Å². The summed E-state index contributed by atoms with van der Waals surface area (Å²) in [6.45, 7) is 0. The van der Waals surface area contributed by atoms with Crippen molar-refractivity contribution in [1.82, 2.24) is 4.98 Å². The number of esters is 1. The van der Waals surface area contributed by atoms with E-state index in [4.69, 9.17) is 9.15 Å². The lowest BCUT2D eigenvalue weighted by atomic mass is 10.1. The van der Waals surface area contributed by atoms with Crippen LogP contribution in [0.1, 0.15) is 10.4 Å². The molecule has 4 rings (SSSR count). The Balaban J connectivity index is 1.66. The van der Waals surface area contributed by atoms with Crippen molar-refractivity contribution in [2.75, 3.05) is 0 Å². The van der Waals surface area contributed by atoms with Crippen LogP contribution in [0, 0.1) is 0 Å². The maximum absolute atomic E-state index is 12.3. The first-order valence-electron chi connectivity index (χ1n) is 8.07. The van der Waals surface area contributed by atoms with Gasteiger partial charge in [-0.05, 0) is 54.6 Å². The molecule has 2 heterocycles. The van der Waals surface area contributed by atoms with Crippen molar-refractivity contribution in [3.8, 4) is 17.0 Å². The zero-order valence-corrected chi connectivity index (χ0v) is 15.5. The van der Waals surface area contributed by atoms with Gasteiger partial charge in [-0.1, -0.05) is 22.0 Å². The highest BCUT2D eigenvalue weighted by molar-refractivity contribution is 9.10. The molecule has 0 amide bonds. The molecule has 0 aliphatic heterocycles. The van der Waals surface area contributed by atoms with Crippen molar-refractivity contribution in [1.29, 1.82) is 0 Å². The summed E-state index contributed by atoms with van der Waals surface area (Å²) in [7, 11) is 0. The Bertz CT molecular complexity index is 1180. The van der Waals surface area contributed by atoms with Crippen molar-refractivity contribution in [2.24, 2.45) is 0 Å². The van der Waals surface area contributed by atoms with Gasteiger partial charge in [0.2, 0.25) is 0 Å². The van der Waals surface area contributed by atoms with Gasteiger partial charge in [-0.3, -0.25) is 4.98 Å². The molecule has 0 fully saturated rings. The predicted octanol–water partition coefficient (Wildman–Crippen LogP) is 4.84. The molecule has 0 aliphatic carbocycles. The number of aromatic nitrogens is 1. The van der Waals surface area contributed by atoms with Crippen LogP contribution in [0.3, 0.4) is 0 Å². The second-order valence-electron chi connectivity index (χ2n) is 5.76. The van der Waals surface area contributed by atoms with Crippen LogP contribution in [0.25, 0.3) is 22.2 Å². The van der Waals surface area contributed by atoms with Gasteiger partial charge in [0.15, 0.2) is 0 Å². The van der Waals surface area contributed by atoms with Crippen LogP contribution in [0.4, 0.5) is 0 Å². The van der Waals surface area contributed by atoms with E-state index in [1.165, 1.54) is 6.07 Å². The lowest BCUT2D eigenvalue weighted by Gasteiger charge is -2.06. The number of hydrogen-bond donors (Lipinski definition) is 0. The van der Waals surface area contributed by atoms with Crippen LogP contribution in [0.5, 0.6) is 5.75 Å². The third kappa shape index (κ3) is 3.66. The van der Waals surface area contributed by atoms with Gasteiger partial charge in [-0.2, -0.15) is 0 Å². The fourth-order valence-corrected chi connectivity index (χ4v) is 2.87. The maximum atomic E-state index is 12.3. The lowest BCUT2D eigenvalue weighted by molar-refractivity contribution is 0.0735. The zero-order chi connectivity index (χ0) is 18.8. The molecule has 2 aromatic carbocycles. The van der Waals surface area contributed by atoms with Crippen molar-refractivity contribution in [2.45, 2.75) is 0 Å². The third-order valence-corrected chi connectivity index (χ3v) is 4.47. The van der Waals surface area contributed by atoms with Crippen molar-refractivity contribution >= 4 is 32.9 Å². The lowest BCUT2D eigenvalue weighted by Crippen LogP contribution is -2.08. The normalized spacial score (nSPS) is 10.7. The van der Waals surface area contributed by atoms with Crippen LogP contribution in [0.2, 0.25) is 0 Å². The van der Waals surface area contributed by atoms with E-state index in [9.17, 15) is 9.59 Å². The summed E-state index contributed by atoms with van der Waals surface area (Å²) in [5, 5.41) is 0.707. The first-order chi connectivity index (χ1) is 13.1. The molecule has 0 spiro atoms. The molecule has 6 heteroatoms. The first kappa shape index (κ1) is 17.2. The highest BCUT2D eigenvalue weighted by Crippen LogP contribution is 2.24. The van der Waals surface area contributed by atoms with E-state index in [-0.39, 0.29) is 0 Å². The summed E-state index contributed by atoms with van der Waals surface area (Å²) >= 11 is 3.32. The van der Waals surface area contributed by atoms with Crippen LogP contribution in [-0.2, 0) is 0 Å². The number of hydrogen-bond acceptors (Lipinski definition) is 5. The smallest absolute Gasteiger partial charge is 0.345 e. The summed E-state index contributed by atoms with van der Waals surface area (Å²) in [5.41, 5.74) is 1.17. The number of halogens is 1. The molecular formula is C21H12BrNO4. The summed E-state index contributed by atoms with van der Waals surface area (Å²) in [6, 6.07) is 18.8. The Kier molecular flexibility index (Phi) is 4.56. The average molecular weight is 422 g/mol. The van der Waals surface area contributed by atoms with E-state index < -0.39 is 11.6 Å². The molecule has 4 aromatic rings. The first-order valence-corrected chi connectivity index (χ1v) is 8.86. The van der Waals surface area contributed by atoms with E-state index in [0.717, 1.165) is 4.47 Å². The summed E-state index contributed by atoms with van der Waals surface area (Å²) in [6.07, 6.45) is 1.61. The number of rotatable bonds is 3. The molecule has 27 heavy (non-hydrogen) atoms. The minimum atomic E-state index is -0.502. The molecule has 2 aromatic heterocycles. The minimum Gasteiger partial charge on any atom is -0.423 e. The van der Waals surface area contributed by atoms with Gasteiger partial charge in [0.1, 0.15) is 11.3 Å². The molecule has 0 N–H and O–H groups in total. The topological polar surface area (TPSA) is 69.4 Å². The largest absolute Gasteiger partial charge is 0.423 e. The Morgan fingerprint density at radius 2 is 1.81 bits per heavy atom. The number of benzene rings is 2. The van der Waals surface area contributed by atoms with E-state index in [1.807, 2.05) is 0 Å². The van der Waals surface area contributed by atoms with Crippen molar-refractivity contribution < 1.29 is 13.9 Å². The van der Waals surface area contributed by atoms with Crippen molar-refractivity contribution in [3.05, 3.63) is 93.4 Å². The summed E-state index contributed by atoms with van der Waals surface area (Å²) < 4.78 is 11.6. The minimum absolute atomic E-state index is 0.296. The number of fused-ring (bicyclic) bond motifs is 1. The fourth-order valence-electron chi connectivity index (χ4n) is 2.61. The Morgan fingerprint density at radius 1 is 1.00 bits per heavy atom. The summed E-state index contributed by atoms with van der Waals surface area (Å²) in [4.78, 5) is 28.7. The average Bonchev–Trinajstić information content (AvgIpc) is 2.68. The number of carbonyl (C=O) groups is 1. The molecule has 0 aliphatic rings. The van der Waals surface area contributed by atoms with Gasteiger partial charge < -0.3 is 9.15 Å². The Morgan fingerprint density at radius 3 is 2.56 bits per heavy atom. The Labute approximate surface area is 162 Å². The number of pyridine rings is 1. The highest BCUT2D eigenvalue weighted by atomic mass is 79.9. The molecular weight excluding hydrogens is 410 g/mol. The van der Waals surface area contributed by atoms with Gasteiger partial charge in [0.05, 0.1) is 16.8 Å². The molecule has 0 unspecified atom stereocenters. The van der Waals surface area contributed by atoms with Crippen LogP contribution in [-0.4, -0.2) is 11.0 Å². The van der Waals surface area contributed by atoms with E-state index in [0.29, 0.717) is 33.5 Å². The number of ether oxygens (including phenoxy) is 1. The molecule has 0 atom stereocenters. The SMILES string of the molecule is O=C(Oc1ccc2cc(-c3ccccn3)c(=O)oc2c1)c1ccc(Br)cc1. The van der Waals surface area contributed by atoms with Gasteiger partial charge in [0.25, 0.3) is 0 Å². The zero-order valence-electron chi connectivity index (χ0n) is 13.9. The second-order valence-corrected chi connectivity index (χ2v) is 6.67. The quantitative estimate of drug-likeness (QED) is 0.269. The van der Waals surface area contributed by atoms with E-state index in [2.05, 4.69) is 20.9 Å². The van der Waals surface area contributed by atoms with Gasteiger partial charge in [-0.25, -0.2) is 9.59 Å². The van der Waals surface area contributed by atoms with Crippen molar-refractivity contribution in [3.63, 3.8) is 0 Å². The molecule has 5 nitrogen and oxygen atoms in total. The third-order valence-electron chi connectivity index (χ3n) is 3.94. The molecule has 0 saturated heterocycles. The summed E-state index contributed by atoms with van der Waals surface area (Å²) in [5.74, 6) is -0.196. The standard InChI is InChI=1S/C21H12BrNO4/c22-15-7-4-13(5-8-15)20(24)26-16-9-6-14-11-17(18-3-1-2-10-23-18)21(25)27-19(14)12-16/h1-12H. The molecule has 0 bridgehead atoms. The fraction of sp³-hybridized carbons (Fsp3) is 0. The molecule has 0 saturated carbocycles. The van der Waals surface area contributed by atoms with Crippen LogP contribution in [0.15, 0.2) is 86.6 Å². The second kappa shape index (κ2) is 7.17. The number of carbonyl (C=O) groups excluding carboxylic acids is 1. The molecule has 0 radical (unpaired) electrons. The van der Waals surface area contributed by atoms with Crippen LogP contribution < -0.4 is 10.4 Å². The predicted molar refractivity (Wildman–Crippen MR) is 105 cm³/mol. The van der Waals surface area contributed by atoms with Gasteiger partial charge in [0, 0.05) is 22.1 Å². The maximum Gasteiger partial charge on any atom is 0.345 e. The number of nitrogens with zero attached hydrogens (tertiary/aromatic N) is 1. The monoisotopic (exact) mass is 421 g/mol. The van der Waals surface area contributed by atoms with Gasteiger partial charge >= 0.3 is 11.6 Å². The van der Waals surface area contributed by atoms with E-state index in [1.54, 1.807) is 66.9 Å².